The minimum absolute atomic E-state index is 0. The monoisotopic (exact) mass is 242 g/mol. The third-order valence-corrected chi connectivity index (χ3v) is 1.68. The van der Waals surface area contributed by atoms with Crippen molar-refractivity contribution < 1.29 is 0 Å². The standard InChI is InChI=1S/C10H14N2.BrH/c1-8(12-9(2)11)10-6-4-3-5-7-10;/h3-8H,1-2H3,(H2,11,12);1H/t8-;/m0./s1. The molecular formula is C10H15BrN2. The average molecular weight is 243 g/mol. The van der Waals surface area contributed by atoms with Crippen LogP contribution in [0.25, 0.3) is 0 Å². The molecular weight excluding hydrogens is 228 g/mol. The van der Waals surface area contributed by atoms with E-state index in [1.807, 2.05) is 25.1 Å². The SMILES string of the molecule is Br.CC(N)=N[C@@H](C)c1ccccc1. The molecule has 1 rings (SSSR count). The fraction of sp³-hybridized carbons (Fsp3) is 0.300. The molecule has 0 radical (unpaired) electrons. The molecule has 0 saturated heterocycles. The van der Waals surface area contributed by atoms with Crippen LogP contribution in [-0.2, 0) is 0 Å². The number of benzene rings is 1. The molecule has 0 aliphatic rings. The average Bonchev–Trinajstić information content (AvgIpc) is 2.05. The van der Waals surface area contributed by atoms with Gasteiger partial charge in [0, 0.05) is 0 Å². The first-order valence-corrected chi connectivity index (χ1v) is 4.05. The summed E-state index contributed by atoms with van der Waals surface area (Å²) < 4.78 is 0. The van der Waals surface area contributed by atoms with Gasteiger partial charge in [-0.1, -0.05) is 30.3 Å². The van der Waals surface area contributed by atoms with Crippen molar-refractivity contribution in [2.75, 3.05) is 0 Å². The van der Waals surface area contributed by atoms with Crippen molar-refractivity contribution in [3.8, 4) is 0 Å². The lowest BCUT2D eigenvalue weighted by Crippen LogP contribution is -2.07. The van der Waals surface area contributed by atoms with Crippen LogP contribution < -0.4 is 5.73 Å². The molecule has 0 amide bonds. The molecule has 0 spiro atoms. The van der Waals surface area contributed by atoms with Gasteiger partial charge in [0.1, 0.15) is 0 Å². The molecule has 3 heteroatoms. The summed E-state index contributed by atoms with van der Waals surface area (Å²) in [6.07, 6.45) is 0. The van der Waals surface area contributed by atoms with E-state index in [0.717, 1.165) is 0 Å². The van der Waals surface area contributed by atoms with E-state index in [1.54, 1.807) is 6.92 Å². The van der Waals surface area contributed by atoms with Crippen LogP contribution in [0.1, 0.15) is 25.5 Å². The van der Waals surface area contributed by atoms with Crippen LogP contribution in [0, 0.1) is 0 Å². The first kappa shape index (κ1) is 12.2. The molecule has 0 aliphatic heterocycles. The van der Waals surface area contributed by atoms with Crippen LogP contribution in [0.15, 0.2) is 35.3 Å². The van der Waals surface area contributed by atoms with E-state index in [0.29, 0.717) is 5.84 Å². The zero-order chi connectivity index (χ0) is 8.97. The van der Waals surface area contributed by atoms with Crippen molar-refractivity contribution in [3.05, 3.63) is 35.9 Å². The quantitative estimate of drug-likeness (QED) is 0.629. The van der Waals surface area contributed by atoms with E-state index in [9.17, 15) is 0 Å². The number of nitrogens with two attached hydrogens (primary N) is 1. The van der Waals surface area contributed by atoms with Gasteiger partial charge in [0.2, 0.25) is 0 Å². The molecule has 0 bridgehead atoms. The number of hydrogen-bond acceptors (Lipinski definition) is 1. The smallest absolute Gasteiger partial charge is 0.0913 e. The van der Waals surface area contributed by atoms with Crippen molar-refractivity contribution in [2.24, 2.45) is 10.7 Å². The maximum absolute atomic E-state index is 5.48. The summed E-state index contributed by atoms with van der Waals surface area (Å²) in [5.41, 5.74) is 6.68. The van der Waals surface area contributed by atoms with Gasteiger partial charge in [0.15, 0.2) is 0 Å². The van der Waals surface area contributed by atoms with Gasteiger partial charge in [0.25, 0.3) is 0 Å². The van der Waals surface area contributed by atoms with Crippen LogP contribution in [0.5, 0.6) is 0 Å². The highest BCUT2D eigenvalue weighted by atomic mass is 79.9. The first-order valence-electron chi connectivity index (χ1n) is 4.05. The van der Waals surface area contributed by atoms with Gasteiger partial charge < -0.3 is 5.73 Å². The molecule has 1 aromatic carbocycles. The Morgan fingerprint density at radius 1 is 1.31 bits per heavy atom. The lowest BCUT2D eigenvalue weighted by molar-refractivity contribution is 0.817. The van der Waals surface area contributed by atoms with Crippen molar-refractivity contribution in [3.63, 3.8) is 0 Å². The molecule has 0 unspecified atom stereocenters. The van der Waals surface area contributed by atoms with Crippen LogP contribution in [0.3, 0.4) is 0 Å². The topological polar surface area (TPSA) is 38.4 Å². The minimum Gasteiger partial charge on any atom is -0.388 e. The Hall–Kier alpha value is -0.830. The van der Waals surface area contributed by atoms with Crippen LogP contribution in [0.4, 0.5) is 0 Å². The Morgan fingerprint density at radius 3 is 2.31 bits per heavy atom. The second-order valence-corrected chi connectivity index (χ2v) is 2.86. The van der Waals surface area contributed by atoms with Gasteiger partial charge in [-0.25, -0.2) is 0 Å². The van der Waals surface area contributed by atoms with E-state index in [2.05, 4.69) is 17.1 Å². The molecule has 0 aromatic heterocycles. The lowest BCUT2D eigenvalue weighted by atomic mass is 10.1. The van der Waals surface area contributed by atoms with Gasteiger partial charge in [-0.3, -0.25) is 4.99 Å². The number of nitrogens with zero attached hydrogens (tertiary/aromatic N) is 1. The highest BCUT2D eigenvalue weighted by Gasteiger charge is 2.00. The van der Waals surface area contributed by atoms with Gasteiger partial charge >= 0.3 is 0 Å². The number of rotatable bonds is 2. The highest BCUT2D eigenvalue weighted by Crippen LogP contribution is 2.15. The van der Waals surface area contributed by atoms with E-state index in [1.165, 1.54) is 5.56 Å². The second-order valence-electron chi connectivity index (χ2n) is 2.86. The van der Waals surface area contributed by atoms with E-state index < -0.39 is 0 Å². The maximum atomic E-state index is 5.48. The minimum atomic E-state index is 0. The molecule has 2 nitrogen and oxygen atoms in total. The van der Waals surface area contributed by atoms with Gasteiger partial charge in [-0.2, -0.15) is 0 Å². The number of hydrogen-bond donors (Lipinski definition) is 1. The Labute approximate surface area is 89.6 Å². The second kappa shape index (κ2) is 5.75. The third kappa shape index (κ3) is 4.08. The predicted molar refractivity (Wildman–Crippen MR) is 62.5 cm³/mol. The summed E-state index contributed by atoms with van der Waals surface area (Å²) >= 11 is 0. The Kier molecular flexibility index (Phi) is 5.39. The maximum Gasteiger partial charge on any atom is 0.0913 e. The van der Waals surface area contributed by atoms with Crippen molar-refractivity contribution in [2.45, 2.75) is 19.9 Å². The molecule has 0 fully saturated rings. The summed E-state index contributed by atoms with van der Waals surface area (Å²) in [6, 6.07) is 10.3. The van der Waals surface area contributed by atoms with E-state index in [4.69, 9.17) is 5.73 Å². The normalized spacial score (nSPS) is 13.2. The number of aliphatic imine (C=N–C) groups is 1. The largest absolute Gasteiger partial charge is 0.388 e. The number of halogens is 1. The predicted octanol–water partition coefficient (Wildman–Crippen LogP) is 2.70. The molecule has 0 aliphatic carbocycles. The summed E-state index contributed by atoms with van der Waals surface area (Å²) in [5, 5.41) is 0. The molecule has 1 atom stereocenters. The summed E-state index contributed by atoms with van der Waals surface area (Å²) in [7, 11) is 0. The van der Waals surface area contributed by atoms with Crippen molar-refractivity contribution in [1.82, 2.24) is 0 Å². The molecule has 0 heterocycles. The lowest BCUT2D eigenvalue weighted by Gasteiger charge is -2.05. The Bertz CT molecular complexity index is 266. The van der Waals surface area contributed by atoms with Gasteiger partial charge in [-0.15, -0.1) is 17.0 Å². The summed E-state index contributed by atoms with van der Waals surface area (Å²) in [5.74, 6) is 0.631. The molecule has 1 aromatic rings. The zero-order valence-corrected chi connectivity index (χ0v) is 9.61. The van der Waals surface area contributed by atoms with E-state index in [-0.39, 0.29) is 23.0 Å². The first-order chi connectivity index (χ1) is 5.70. The zero-order valence-electron chi connectivity index (χ0n) is 7.90. The highest BCUT2D eigenvalue weighted by molar-refractivity contribution is 8.93. The fourth-order valence-electron chi connectivity index (χ4n) is 1.11. The molecule has 2 N–H and O–H groups in total. The van der Waals surface area contributed by atoms with Crippen LogP contribution >= 0.6 is 17.0 Å². The summed E-state index contributed by atoms with van der Waals surface area (Å²) in [4.78, 5) is 4.24. The Balaban J connectivity index is 0.00000144. The molecule has 13 heavy (non-hydrogen) atoms. The third-order valence-electron chi connectivity index (χ3n) is 1.68. The Morgan fingerprint density at radius 2 is 1.85 bits per heavy atom. The van der Waals surface area contributed by atoms with Crippen molar-refractivity contribution in [1.29, 1.82) is 0 Å². The van der Waals surface area contributed by atoms with Crippen molar-refractivity contribution >= 4 is 22.8 Å². The van der Waals surface area contributed by atoms with Gasteiger partial charge in [-0.05, 0) is 19.4 Å². The van der Waals surface area contributed by atoms with E-state index >= 15 is 0 Å². The molecule has 0 saturated carbocycles. The fourth-order valence-corrected chi connectivity index (χ4v) is 1.11. The van der Waals surface area contributed by atoms with Crippen LogP contribution in [-0.4, -0.2) is 5.84 Å². The molecule has 72 valence electrons. The van der Waals surface area contributed by atoms with Gasteiger partial charge in [0.05, 0.1) is 11.9 Å². The summed E-state index contributed by atoms with van der Waals surface area (Å²) in [6.45, 7) is 3.84. The van der Waals surface area contributed by atoms with Crippen LogP contribution in [0.2, 0.25) is 0 Å². The number of amidine groups is 1.